The van der Waals surface area contributed by atoms with Crippen LogP contribution in [0.15, 0.2) is 36.4 Å². The second-order valence-electron chi connectivity index (χ2n) is 3.74. The molecule has 0 aromatic heterocycles. The summed E-state index contributed by atoms with van der Waals surface area (Å²) in [7, 11) is 0. The minimum Gasteiger partial charge on any atom is -0.331 e. The van der Waals surface area contributed by atoms with Crippen molar-refractivity contribution in [2.45, 2.75) is 5.88 Å². The van der Waals surface area contributed by atoms with E-state index < -0.39 is 0 Å². The average Bonchev–Trinajstić information content (AvgIpc) is 2.24. The van der Waals surface area contributed by atoms with Gasteiger partial charge in [0.05, 0.1) is 0 Å². The van der Waals surface area contributed by atoms with E-state index in [1.807, 2.05) is 24.3 Å². The number of carbonyl (C=O) groups is 1. The Morgan fingerprint density at radius 1 is 1.33 bits per heavy atom. The van der Waals surface area contributed by atoms with E-state index >= 15 is 0 Å². The van der Waals surface area contributed by atoms with Gasteiger partial charge in [-0.1, -0.05) is 18.7 Å². The van der Waals surface area contributed by atoms with Crippen LogP contribution >= 0.6 is 11.6 Å². The summed E-state index contributed by atoms with van der Waals surface area (Å²) in [6.45, 7) is 5.18. The molecule has 0 radical (unpaired) electrons. The lowest BCUT2D eigenvalue weighted by atomic mass is 10.1. The topological polar surface area (TPSA) is 20.3 Å². The first-order chi connectivity index (χ1) is 7.20. The van der Waals surface area contributed by atoms with Crippen molar-refractivity contribution in [2.75, 3.05) is 13.1 Å². The zero-order valence-electron chi connectivity index (χ0n) is 8.37. The highest BCUT2D eigenvalue weighted by molar-refractivity contribution is 6.17. The molecule has 1 amide bonds. The van der Waals surface area contributed by atoms with Crippen LogP contribution in [0.1, 0.15) is 15.9 Å². The zero-order chi connectivity index (χ0) is 10.8. The van der Waals surface area contributed by atoms with Crippen LogP contribution in [0.3, 0.4) is 0 Å². The summed E-state index contributed by atoms with van der Waals surface area (Å²) < 4.78 is 0. The highest BCUT2D eigenvalue weighted by Crippen LogP contribution is 2.16. The van der Waals surface area contributed by atoms with Crippen LogP contribution in [0.2, 0.25) is 0 Å². The maximum Gasteiger partial charge on any atom is 0.254 e. The van der Waals surface area contributed by atoms with Crippen molar-refractivity contribution in [3.63, 3.8) is 0 Å². The zero-order valence-corrected chi connectivity index (χ0v) is 9.13. The fraction of sp³-hybridized carbons (Fsp3) is 0.250. The Morgan fingerprint density at radius 3 is 2.40 bits per heavy atom. The van der Waals surface area contributed by atoms with Crippen molar-refractivity contribution in [3.05, 3.63) is 47.5 Å². The normalized spacial score (nSPS) is 15.0. The number of halogens is 1. The third-order valence-corrected chi connectivity index (χ3v) is 2.78. The Hall–Kier alpha value is -1.28. The van der Waals surface area contributed by atoms with Crippen LogP contribution in [0, 0.1) is 0 Å². The molecule has 0 atom stereocenters. The monoisotopic (exact) mass is 221 g/mol. The van der Waals surface area contributed by atoms with Gasteiger partial charge in [0.1, 0.15) is 0 Å². The van der Waals surface area contributed by atoms with E-state index in [9.17, 15) is 4.79 Å². The van der Waals surface area contributed by atoms with Crippen LogP contribution in [-0.4, -0.2) is 23.9 Å². The second kappa shape index (κ2) is 4.07. The van der Waals surface area contributed by atoms with Gasteiger partial charge >= 0.3 is 0 Å². The summed E-state index contributed by atoms with van der Waals surface area (Å²) in [5.74, 6) is 0.554. The lowest BCUT2D eigenvalue weighted by Gasteiger charge is -2.33. The number of amides is 1. The van der Waals surface area contributed by atoms with Crippen molar-refractivity contribution in [2.24, 2.45) is 0 Å². The van der Waals surface area contributed by atoms with E-state index in [4.69, 9.17) is 11.6 Å². The quantitative estimate of drug-likeness (QED) is 0.555. The minimum atomic E-state index is 0.0727. The average molecular weight is 222 g/mol. The number of carbonyl (C=O) groups excluding carboxylic acids is 1. The highest BCUT2D eigenvalue weighted by atomic mass is 35.5. The SMILES string of the molecule is C=C1CN(C(=O)c2ccc(CCl)cc2)C1. The van der Waals surface area contributed by atoms with E-state index in [1.165, 1.54) is 0 Å². The molecule has 1 aromatic carbocycles. The number of hydrogen-bond acceptors (Lipinski definition) is 1. The van der Waals surface area contributed by atoms with E-state index in [2.05, 4.69) is 6.58 Å². The van der Waals surface area contributed by atoms with E-state index in [0.717, 1.165) is 16.7 Å². The Balaban J connectivity index is 2.09. The van der Waals surface area contributed by atoms with E-state index in [0.29, 0.717) is 19.0 Å². The first-order valence-corrected chi connectivity index (χ1v) is 5.35. The predicted octanol–water partition coefficient (Wildman–Crippen LogP) is 2.44. The molecule has 1 saturated heterocycles. The van der Waals surface area contributed by atoms with Crippen LogP contribution in [0.25, 0.3) is 0 Å². The number of hydrogen-bond donors (Lipinski definition) is 0. The summed E-state index contributed by atoms with van der Waals surface area (Å²) in [5.41, 5.74) is 2.86. The van der Waals surface area contributed by atoms with Crippen molar-refractivity contribution < 1.29 is 4.79 Å². The summed E-state index contributed by atoms with van der Waals surface area (Å²) >= 11 is 5.67. The van der Waals surface area contributed by atoms with E-state index in [-0.39, 0.29) is 5.91 Å². The maximum absolute atomic E-state index is 11.8. The Labute approximate surface area is 94.2 Å². The molecule has 0 aliphatic carbocycles. The Morgan fingerprint density at radius 2 is 1.93 bits per heavy atom. The van der Waals surface area contributed by atoms with Crippen molar-refractivity contribution in [1.82, 2.24) is 4.90 Å². The molecule has 1 heterocycles. The van der Waals surface area contributed by atoms with Gasteiger partial charge in [-0.3, -0.25) is 4.79 Å². The smallest absolute Gasteiger partial charge is 0.254 e. The van der Waals surface area contributed by atoms with Gasteiger partial charge in [0.25, 0.3) is 5.91 Å². The lowest BCUT2D eigenvalue weighted by molar-refractivity contribution is 0.0728. The molecule has 3 heteroatoms. The third-order valence-electron chi connectivity index (χ3n) is 2.47. The van der Waals surface area contributed by atoms with Gasteiger partial charge in [0.15, 0.2) is 0 Å². The molecular formula is C12H12ClNO. The standard InChI is InChI=1S/C12H12ClNO/c1-9-7-14(8-9)12(15)11-4-2-10(6-13)3-5-11/h2-5H,1,6-8H2. The molecule has 0 saturated carbocycles. The lowest BCUT2D eigenvalue weighted by Crippen LogP contribution is -2.43. The minimum absolute atomic E-state index is 0.0727. The molecule has 1 aromatic rings. The Bertz CT molecular complexity index is 389. The summed E-state index contributed by atoms with van der Waals surface area (Å²) in [4.78, 5) is 13.6. The number of rotatable bonds is 2. The van der Waals surface area contributed by atoms with Gasteiger partial charge < -0.3 is 4.90 Å². The molecule has 2 nitrogen and oxygen atoms in total. The molecule has 0 spiro atoms. The van der Waals surface area contributed by atoms with Gasteiger partial charge in [-0.15, -0.1) is 11.6 Å². The van der Waals surface area contributed by atoms with E-state index in [1.54, 1.807) is 4.90 Å². The first kappa shape index (κ1) is 10.2. The first-order valence-electron chi connectivity index (χ1n) is 4.81. The molecule has 0 N–H and O–H groups in total. The third kappa shape index (κ3) is 2.05. The predicted molar refractivity (Wildman–Crippen MR) is 61.0 cm³/mol. The number of alkyl halides is 1. The van der Waals surface area contributed by atoms with Gasteiger partial charge in [-0.05, 0) is 23.3 Å². The largest absolute Gasteiger partial charge is 0.331 e. The molecule has 1 aliphatic heterocycles. The van der Waals surface area contributed by atoms with Gasteiger partial charge in [-0.25, -0.2) is 0 Å². The summed E-state index contributed by atoms with van der Waals surface area (Å²) in [6, 6.07) is 7.41. The molecule has 78 valence electrons. The number of nitrogens with zero attached hydrogens (tertiary/aromatic N) is 1. The van der Waals surface area contributed by atoms with Crippen molar-refractivity contribution >= 4 is 17.5 Å². The van der Waals surface area contributed by atoms with Crippen molar-refractivity contribution in [3.8, 4) is 0 Å². The van der Waals surface area contributed by atoms with Crippen LogP contribution in [0.4, 0.5) is 0 Å². The maximum atomic E-state index is 11.8. The van der Waals surface area contributed by atoms with Gasteiger partial charge in [-0.2, -0.15) is 0 Å². The number of likely N-dealkylation sites (tertiary alicyclic amines) is 1. The van der Waals surface area contributed by atoms with Gasteiger partial charge in [0.2, 0.25) is 0 Å². The highest BCUT2D eigenvalue weighted by Gasteiger charge is 2.24. The Kier molecular flexibility index (Phi) is 2.78. The van der Waals surface area contributed by atoms with Crippen LogP contribution in [0.5, 0.6) is 0 Å². The second-order valence-corrected chi connectivity index (χ2v) is 4.01. The number of benzene rings is 1. The fourth-order valence-corrected chi connectivity index (χ4v) is 1.73. The fourth-order valence-electron chi connectivity index (χ4n) is 1.56. The molecule has 1 fully saturated rings. The van der Waals surface area contributed by atoms with Crippen molar-refractivity contribution in [1.29, 1.82) is 0 Å². The summed E-state index contributed by atoms with van der Waals surface area (Å²) in [6.07, 6.45) is 0. The molecule has 0 bridgehead atoms. The van der Waals surface area contributed by atoms with Crippen LogP contribution in [-0.2, 0) is 5.88 Å². The molecule has 1 aliphatic rings. The van der Waals surface area contributed by atoms with Gasteiger partial charge in [0, 0.05) is 24.5 Å². The summed E-state index contributed by atoms with van der Waals surface area (Å²) in [5, 5.41) is 0. The molecule has 15 heavy (non-hydrogen) atoms. The molecule has 2 rings (SSSR count). The molecule has 0 unspecified atom stereocenters. The van der Waals surface area contributed by atoms with Crippen LogP contribution < -0.4 is 0 Å². The molecular weight excluding hydrogens is 210 g/mol.